The number of hydrogen-bond acceptors (Lipinski definition) is 3. The van der Waals surface area contributed by atoms with Crippen LogP contribution in [0.3, 0.4) is 0 Å². The quantitative estimate of drug-likeness (QED) is 0.683. The normalized spacial score (nSPS) is 11.1. The molecule has 0 fully saturated rings. The molecule has 0 N–H and O–H groups in total. The van der Waals surface area contributed by atoms with Crippen LogP contribution < -0.4 is 0 Å². The first-order valence-corrected chi connectivity index (χ1v) is 6.97. The molecule has 0 radical (unpaired) electrons. The second-order valence-corrected chi connectivity index (χ2v) is 5.36. The summed E-state index contributed by atoms with van der Waals surface area (Å²) in [5.74, 6) is 0.738. The highest BCUT2D eigenvalue weighted by Crippen LogP contribution is 2.18. The highest BCUT2D eigenvalue weighted by molar-refractivity contribution is 9.10. The number of halogens is 1. The van der Waals surface area contributed by atoms with E-state index in [0.29, 0.717) is 5.65 Å². The third-order valence-electron chi connectivity index (χ3n) is 2.97. The Morgan fingerprint density at radius 2 is 2.00 bits per heavy atom. The molecule has 0 aliphatic heterocycles. The van der Waals surface area contributed by atoms with Gasteiger partial charge in [-0.2, -0.15) is 4.98 Å². The number of pyridine rings is 1. The Labute approximate surface area is 119 Å². The Bertz CT molecular complexity index is 721. The molecule has 0 bridgehead atoms. The number of aryl methyl sites for hydroxylation is 3. The zero-order chi connectivity index (χ0) is 13.2. The number of oxazole rings is 1. The van der Waals surface area contributed by atoms with Gasteiger partial charge in [0, 0.05) is 6.42 Å². The van der Waals surface area contributed by atoms with Crippen molar-refractivity contribution in [3.63, 3.8) is 0 Å². The fraction of sp³-hybridized carbons (Fsp3) is 0.200. The average Bonchev–Trinajstić information content (AvgIpc) is 2.78. The lowest BCUT2D eigenvalue weighted by Crippen LogP contribution is -1.91. The van der Waals surface area contributed by atoms with Crippen LogP contribution in [0.4, 0.5) is 0 Å². The molecule has 0 spiro atoms. The smallest absolute Gasteiger partial charge is 0.199 e. The number of fused-ring (bicyclic) bond motifs is 1. The van der Waals surface area contributed by atoms with E-state index in [1.54, 1.807) is 0 Å². The van der Waals surface area contributed by atoms with E-state index in [1.165, 1.54) is 11.1 Å². The Hall–Kier alpha value is -1.68. The summed E-state index contributed by atoms with van der Waals surface area (Å²) in [7, 11) is 0. The van der Waals surface area contributed by atoms with E-state index in [2.05, 4.69) is 57.1 Å². The van der Waals surface area contributed by atoms with E-state index in [-0.39, 0.29) is 0 Å². The summed E-state index contributed by atoms with van der Waals surface area (Å²) >= 11 is 3.33. The summed E-state index contributed by atoms with van der Waals surface area (Å²) < 4.78 is 6.46. The van der Waals surface area contributed by atoms with Crippen LogP contribution in [-0.4, -0.2) is 9.97 Å². The van der Waals surface area contributed by atoms with Gasteiger partial charge in [0.1, 0.15) is 4.60 Å². The highest BCUT2D eigenvalue weighted by Gasteiger charge is 2.07. The minimum absolute atomic E-state index is 0.661. The molecule has 0 atom stereocenters. The largest absolute Gasteiger partial charge is 0.439 e. The van der Waals surface area contributed by atoms with Crippen molar-refractivity contribution < 1.29 is 4.42 Å². The van der Waals surface area contributed by atoms with Gasteiger partial charge in [0.05, 0.1) is 0 Å². The molecule has 19 heavy (non-hydrogen) atoms. The maximum Gasteiger partial charge on any atom is 0.199 e. The van der Waals surface area contributed by atoms with Crippen LogP contribution in [0.25, 0.3) is 11.2 Å². The topological polar surface area (TPSA) is 38.9 Å². The predicted molar refractivity (Wildman–Crippen MR) is 78.1 cm³/mol. The maximum atomic E-state index is 5.68. The van der Waals surface area contributed by atoms with E-state index in [1.807, 2.05) is 12.1 Å². The van der Waals surface area contributed by atoms with E-state index in [9.17, 15) is 0 Å². The second-order valence-electron chi connectivity index (χ2n) is 4.55. The summed E-state index contributed by atoms with van der Waals surface area (Å²) in [6.07, 6.45) is 1.72. The Morgan fingerprint density at radius 1 is 1.11 bits per heavy atom. The molecule has 4 heteroatoms. The Morgan fingerprint density at radius 3 is 2.84 bits per heavy atom. The standard InChI is InChI=1S/C15H13BrN2O/c1-10-3-2-4-11(9-10)5-8-14-18-15-12(19-14)6-7-13(16)17-15/h2-4,6-7,9H,5,8H2,1H3. The van der Waals surface area contributed by atoms with Crippen molar-refractivity contribution in [1.29, 1.82) is 0 Å². The van der Waals surface area contributed by atoms with E-state index >= 15 is 0 Å². The molecular formula is C15H13BrN2O. The zero-order valence-electron chi connectivity index (χ0n) is 10.6. The summed E-state index contributed by atoms with van der Waals surface area (Å²) in [5.41, 5.74) is 3.98. The molecule has 3 aromatic rings. The van der Waals surface area contributed by atoms with Gasteiger partial charge in [0.25, 0.3) is 0 Å². The van der Waals surface area contributed by atoms with Crippen molar-refractivity contribution in [1.82, 2.24) is 9.97 Å². The predicted octanol–water partition coefficient (Wildman–Crippen LogP) is 4.08. The molecule has 0 aliphatic rings. The summed E-state index contributed by atoms with van der Waals surface area (Å²) in [6.45, 7) is 2.10. The summed E-state index contributed by atoms with van der Waals surface area (Å²) in [5, 5.41) is 0. The van der Waals surface area contributed by atoms with Crippen LogP contribution in [0.5, 0.6) is 0 Å². The molecule has 1 aromatic carbocycles. The van der Waals surface area contributed by atoms with Gasteiger partial charge in [-0.15, -0.1) is 0 Å². The number of benzene rings is 1. The van der Waals surface area contributed by atoms with Gasteiger partial charge in [-0.05, 0) is 47.0 Å². The SMILES string of the molecule is Cc1cccc(CCc2nc3nc(Br)ccc3o2)c1. The van der Waals surface area contributed by atoms with Crippen molar-refractivity contribution in [2.24, 2.45) is 0 Å². The Balaban J connectivity index is 1.78. The maximum absolute atomic E-state index is 5.68. The number of nitrogens with zero attached hydrogens (tertiary/aromatic N) is 2. The van der Waals surface area contributed by atoms with Crippen LogP contribution >= 0.6 is 15.9 Å². The third kappa shape index (κ3) is 2.84. The molecule has 2 aromatic heterocycles. The monoisotopic (exact) mass is 316 g/mol. The number of hydrogen-bond donors (Lipinski definition) is 0. The molecular weight excluding hydrogens is 304 g/mol. The molecule has 3 rings (SSSR count). The van der Waals surface area contributed by atoms with E-state index in [0.717, 1.165) is 28.9 Å². The molecule has 0 amide bonds. The third-order valence-corrected chi connectivity index (χ3v) is 3.42. The number of aromatic nitrogens is 2. The first kappa shape index (κ1) is 12.4. The average molecular weight is 317 g/mol. The highest BCUT2D eigenvalue weighted by atomic mass is 79.9. The molecule has 0 saturated heterocycles. The van der Waals surface area contributed by atoms with Gasteiger partial charge in [0.2, 0.25) is 0 Å². The van der Waals surface area contributed by atoms with Gasteiger partial charge in [0.15, 0.2) is 17.1 Å². The van der Waals surface area contributed by atoms with Crippen molar-refractivity contribution in [3.05, 3.63) is 58.0 Å². The molecule has 0 unspecified atom stereocenters. The summed E-state index contributed by atoms with van der Waals surface area (Å²) in [4.78, 5) is 8.68. The summed E-state index contributed by atoms with van der Waals surface area (Å²) in [6, 6.07) is 12.2. The minimum atomic E-state index is 0.661. The first-order chi connectivity index (χ1) is 9.20. The van der Waals surface area contributed by atoms with Gasteiger partial charge in [-0.25, -0.2) is 4.98 Å². The van der Waals surface area contributed by atoms with Crippen LogP contribution in [-0.2, 0) is 12.8 Å². The zero-order valence-corrected chi connectivity index (χ0v) is 12.1. The van der Waals surface area contributed by atoms with Crippen LogP contribution in [0, 0.1) is 6.92 Å². The van der Waals surface area contributed by atoms with Crippen LogP contribution in [0.1, 0.15) is 17.0 Å². The molecule has 0 saturated carbocycles. The lowest BCUT2D eigenvalue weighted by atomic mass is 10.1. The molecule has 3 nitrogen and oxygen atoms in total. The second kappa shape index (κ2) is 5.13. The van der Waals surface area contributed by atoms with E-state index < -0.39 is 0 Å². The van der Waals surface area contributed by atoms with Crippen molar-refractivity contribution in [3.8, 4) is 0 Å². The van der Waals surface area contributed by atoms with E-state index in [4.69, 9.17) is 4.42 Å². The fourth-order valence-corrected chi connectivity index (χ4v) is 2.37. The molecule has 2 heterocycles. The van der Waals surface area contributed by atoms with Crippen molar-refractivity contribution >= 4 is 27.2 Å². The van der Waals surface area contributed by atoms with Crippen molar-refractivity contribution in [2.75, 3.05) is 0 Å². The van der Waals surface area contributed by atoms with Crippen LogP contribution in [0.2, 0.25) is 0 Å². The lowest BCUT2D eigenvalue weighted by molar-refractivity contribution is 0.528. The van der Waals surface area contributed by atoms with Crippen LogP contribution in [0.15, 0.2) is 45.4 Å². The minimum Gasteiger partial charge on any atom is -0.439 e. The van der Waals surface area contributed by atoms with Gasteiger partial charge >= 0.3 is 0 Å². The molecule has 0 aliphatic carbocycles. The van der Waals surface area contributed by atoms with Gasteiger partial charge < -0.3 is 4.42 Å². The fourth-order valence-electron chi connectivity index (χ4n) is 2.07. The van der Waals surface area contributed by atoms with Gasteiger partial charge in [-0.1, -0.05) is 29.8 Å². The molecule has 96 valence electrons. The lowest BCUT2D eigenvalue weighted by Gasteiger charge is -1.99. The van der Waals surface area contributed by atoms with Gasteiger partial charge in [-0.3, -0.25) is 0 Å². The number of rotatable bonds is 3. The van der Waals surface area contributed by atoms with Crippen molar-refractivity contribution in [2.45, 2.75) is 19.8 Å². The Kier molecular flexibility index (Phi) is 3.34. The first-order valence-electron chi connectivity index (χ1n) is 6.18.